The second-order valence-electron chi connectivity index (χ2n) is 4.35. The van der Waals surface area contributed by atoms with Gasteiger partial charge in [0.2, 0.25) is 0 Å². The minimum absolute atomic E-state index is 0.222. The zero-order valence-corrected chi connectivity index (χ0v) is 10.7. The monoisotopic (exact) mass is 248 g/mol. The molecular weight excluding hydrogens is 228 g/mol. The Hall–Kier alpha value is -1.52. The van der Waals surface area contributed by atoms with E-state index in [-0.39, 0.29) is 6.61 Å². The Morgan fingerprint density at radius 2 is 2.22 bits per heavy atom. The Kier molecular flexibility index (Phi) is 4.23. The fourth-order valence-electron chi connectivity index (χ4n) is 2.27. The van der Waals surface area contributed by atoms with Crippen molar-refractivity contribution < 1.29 is 9.84 Å². The van der Waals surface area contributed by atoms with E-state index in [1.165, 1.54) is 10.9 Å². The van der Waals surface area contributed by atoms with Gasteiger partial charge < -0.3 is 20.1 Å². The summed E-state index contributed by atoms with van der Waals surface area (Å²) in [5.41, 5.74) is 8.04. The molecule has 0 unspecified atom stereocenters. The SMILES string of the molecule is COc1ccc2c(CCCO)cn(CCN)c2c1. The third kappa shape index (κ3) is 2.49. The van der Waals surface area contributed by atoms with E-state index >= 15 is 0 Å². The molecule has 0 amide bonds. The second kappa shape index (κ2) is 5.89. The number of fused-ring (bicyclic) bond motifs is 1. The van der Waals surface area contributed by atoms with Crippen molar-refractivity contribution in [2.45, 2.75) is 19.4 Å². The standard InChI is InChI=1S/C14H20N2O2/c1-18-12-4-5-13-11(3-2-8-17)10-16(7-6-15)14(13)9-12/h4-5,9-10,17H,2-3,6-8,15H2,1H3. The lowest BCUT2D eigenvalue weighted by Crippen LogP contribution is -2.08. The number of rotatable bonds is 6. The number of aliphatic hydroxyl groups is 1. The van der Waals surface area contributed by atoms with Crippen LogP contribution in [0.2, 0.25) is 0 Å². The van der Waals surface area contributed by atoms with E-state index in [9.17, 15) is 0 Å². The molecule has 0 aliphatic heterocycles. The van der Waals surface area contributed by atoms with Gasteiger partial charge in [0.1, 0.15) is 5.75 Å². The molecule has 4 heteroatoms. The molecule has 0 spiro atoms. The van der Waals surface area contributed by atoms with Gasteiger partial charge >= 0.3 is 0 Å². The van der Waals surface area contributed by atoms with E-state index in [0.717, 1.165) is 30.7 Å². The highest BCUT2D eigenvalue weighted by atomic mass is 16.5. The highest BCUT2D eigenvalue weighted by Gasteiger charge is 2.09. The van der Waals surface area contributed by atoms with Gasteiger partial charge in [0.15, 0.2) is 0 Å². The highest BCUT2D eigenvalue weighted by Crippen LogP contribution is 2.26. The van der Waals surface area contributed by atoms with Gasteiger partial charge in [-0.2, -0.15) is 0 Å². The molecule has 2 rings (SSSR count). The molecule has 0 fully saturated rings. The predicted molar refractivity (Wildman–Crippen MR) is 73.0 cm³/mol. The third-order valence-corrected chi connectivity index (χ3v) is 3.15. The van der Waals surface area contributed by atoms with Crippen molar-refractivity contribution in [3.63, 3.8) is 0 Å². The number of hydrogen-bond acceptors (Lipinski definition) is 3. The van der Waals surface area contributed by atoms with Gasteiger partial charge in [-0.25, -0.2) is 0 Å². The normalized spacial score (nSPS) is 11.1. The smallest absolute Gasteiger partial charge is 0.120 e. The first-order valence-corrected chi connectivity index (χ1v) is 6.27. The first-order chi connectivity index (χ1) is 8.80. The molecule has 1 aromatic carbocycles. The summed E-state index contributed by atoms with van der Waals surface area (Å²) in [6.07, 6.45) is 3.80. The van der Waals surface area contributed by atoms with Crippen LogP contribution >= 0.6 is 0 Å². The lowest BCUT2D eigenvalue weighted by atomic mass is 10.1. The second-order valence-corrected chi connectivity index (χ2v) is 4.35. The number of methoxy groups -OCH3 is 1. The average molecular weight is 248 g/mol. The summed E-state index contributed by atoms with van der Waals surface area (Å²) >= 11 is 0. The van der Waals surface area contributed by atoms with Crippen molar-refractivity contribution in [2.24, 2.45) is 5.73 Å². The van der Waals surface area contributed by atoms with Crippen LogP contribution in [0.3, 0.4) is 0 Å². The molecule has 0 bridgehead atoms. The van der Waals surface area contributed by atoms with Crippen LogP contribution in [0.1, 0.15) is 12.0 Å². The number of aromatic nitrogens is 1. The first-order valence-electron chi connectivity index (χ1n) is 6.27. The first kappa shape index (κ1) is 12.9. The molecule has 1 aromatic heterocycles. The quantitative estimate of drug-likeness (QED) is 0.815. The van der Waals surface area contributed by atoms with Crippen LogP contribution in [-0.2, 0) is 13.0 Å². The van der Waals surface area contributed by atoms with Crippen LogP contribution in [-0.4, -0.2) is 29.9 Å². The maximum atomic E-state index is 8.95. The number of nitrogens with zero attached hydrogens (tertiary/aromatic N) is 1. The molecule has 2 aromatic rings. The van der Waals surface area contributed by atoms with Crippen molar-refractivity contribution in [1.29, 1.82) is 0 Å². The summed E-state index contributed by atoms with van der Waals surface area (Å²) in [4.78, 5) is 0. The van der Waals surface area contributed by atoms with E-state index in [1.54, 1.807) is 7.11 Å². The van der Waals surface area contributed by atoms with E-state index in [1.807, 2.05) is 12.1 Å². The lowest BCUT2D eigenvalue weighted by Gasteiger charge is -2.04. The summed E-state index contributed by atoms with van der Waals surface area (Å²) in [5, 5.41) is 10.2. The summed E-state index contributed by atoms with van der Waals surface area (Å²) in [6.45, 7) is 1.63. The molecule has 3 N–H and O–H groups in total. The molecular formula is C14H20N2O2. The Labute approximate surface area is 107 Å². The third-order valence-electron chi connectivity index (χ3n) is 3.15. The van der Waals surface area contributed by atoms with Gasteiger partial charge in [-0.3, -0.25) is 0 Å². The van der Waals surface area contributed by atoms with Gasteiger partial charge in [-0.15, -0.1) is 0 Å². The van der Waals surface area contributed by atoms with Crippen molar-refractivity contribution >= 4 is 10.9 Å². The minimum Gasteiger partial charge on any atom is -0.497 e. The van der Waals surface area contributed by atoms with Crippen molar-refractivity contribution in [1.82, 2.24) is 4.57 Å². The fraction of sp³-hybridized carbons (Fsp3) is 0.429. The van der Waals surface area contributed by atoms with Crippen LogP contribution in [0.4, 0.5) is 0 Å². The van der Waals surface area contributed by atoms with Crippen molar-refractivity contribution in [3.05, 3.63) is 30.0 Å². The van der Waals surface area contributed by atoms with Crippen LogP contribution in [0, 0.1) is 0 Å². The van der Waals surface area contributed by atoms with E-state index < -0.39 is 0 Å². The zero-order valence-electron chi connectivity index (χ0n) is 10.7. The van der Waals surface area contributed by atoms with E-state index in [4.69, 9.17) is 15.6 Å². The van der Waals surface area contributed by atoms with E-state index in [2.05, 4.69) is 16.8 Å². The molecule has 0 saturated carbocycles. The Morgan fingerprint density at radius 1 is 1.39 bits per heavy atom. The van der Waals surface area contributed by atoms with Crippen LogP contribution < -0.4 is 10.5 Å². The number of benzene rings is 1. The fourth-order valence-corrected chi connectivity index (χ4v) is 2.27. The zero-order chi connectivity index (χ0) is 13.0. The average Bonchev–Trinajstić information content (AvgIpc) is 2.74. The van der Waals surface area contributed by atoms with Crippen LogP contribution in [0.25, 0.3) is 10.9 Å². The minimum atomic E-state index is 0.222. The molecule has 1 heterocycles. The molecule has 0 atom stereocenters. The predicted octanol–water partition coefficient (Wildman–Crippen LogP) is 1.53. The topological polar surface area (TPSA) is 60.4 Å². The number of hydrogen-bond donors (Lipinski definition) is 2. The van der Waals surface area contributed by atoms with Gasteiger partial charge in [0.25, 0.3) is 0 Å². The Bertz CT molecular complexity index is 520. The largest absolute Gasteiger partial charge is 0.497 e. The molecule has 0 saturated heterocycles. The van der Waals surface area contributed by atoms with Gasteiger partial charge in [0, 0.05) is 37.3 Å². The Balaban J connectivity index is 2.45. The van der Waals surface area contributed by atoms with Crippen molar-refractivity contribution in [3.8, 4) is 5.75 Å². The van der Waals surface area contributed by atoms with E-state index in [0.29, 0.717) is 6.54 Å². The number of aliphatic hydroxyl groups excluding tert-OH is 1. The number of ether oxygens (including phenoxy) is 1. The lowest BCUT2D eigenvalue weighted by molar-refractivity contribution is 0.288. The Morgan fingerprint density at radius 3 is 2.89 bits per heavy atom. The van der Waals surface area contributed by atoms with Crippen molar-refractivity contribution in [2.75, 3.05) is 20.3 Å². The highest BCUT2D eigenvalue weighted by molar-refractivity contribution is 5.85. The molecule has 0 aliphatic carbocycles. The maximum Gasteiger partial charge on any atom is 0.120 e. The van der Waals surface area contributed by atoms with Crippen LogP contribution in [0.15, 0.2) is 24.4 Å². The summed E-state index contributed by atoms with van der Waals surface area (Å²) in [6, 6.07) is 6.08. The number of aryl methyl sites for hydroxylation is 1. The summed E-state index contributed by atoms with van der Waals surface area (Å²) in [5.74, 6) is 0.854. The van der Waals surface area contributed by atoms with Gasteiger partial charge in [-0.1, -0.05) is 0 Å². The number of nitrogens with two attached hydrogens (primary N) is 1. The van der Waals surface area contributed by atoms with Gasteiger partial charge in [-0.05, 0) is 30.5 Å². The molecule has 0 radical (unpaired) electrons. The molecule has 4 nitrogen and oxygen atoms in total. The summed E-state index contributed by atoms with van der Waals surface area (Å²) in [7, 11) is 1.67. The summed E-state index contributed by atoms with van der Waals surface area (Å²) < 4.78 is 7.42. The maximum absolute atomic E-state index is 8.95. The molecule has 98 valence electrons. The molecule has 0 aliphatic rings. The van der Waals surface area contributed by atoms with Gasteiger partial charge in [0.05, 0.1) is 12.6 Å². The molecule has 18 heavy (non-hydrogen) atoms. The van der Waals surface area contributed by atoms with Crippen LogP contribution in [0.5, 0.6) is 5.75 Å².